The predicted octanol–water partition coefficient (Wildman–Crippen LogP) is 2.57. The number of aryl methyl sites for hydroxylation is 3. The number of hydrogen-bond acceptors (Lipinski definition) is 6. The molecule has 8 nitrogen and oxygen atoms in total. The summed E-state index contributed by atoms with van der Waals surface area (Å²) in [6.07, 6.45) is 6.95. The van der Waals surface area contributed by atoms with E-state index in [0.717, 1.165) is 42.8 Å². The maximum atomic E-state index is 12.8. The van der Waals surface area contributed by atoms with Gasteiger partial charge in [0, 0.05) is 42.7 Å². The normalized spacial score (nSPS) is 16.6. The van der Waals surface area contributed by atoms with Crippen LogP contribution in [0.25, 0.3) is 11.5 Å². The minimum absolute atomic E-state index is 0.124. The highest BCUT2D eigenvalue weighted by molar-refractivity contribution is 5.76. The number of aromatic nitrogens is 5. The van der Waals surface area contributed by atoms with Gasteiger partial charge >= 0.3 is 0 Å². The van der Waals surface area contributed by atoms with Crippen LogP contribution in [0.15, 0.2) is 35.1 Å². The van der Waals surface area contributed by atoms with Gasteiger partial charge in [0.1, 0.15) is 6.54 Å². The van der Waals surface area contributed by atoms with Gasteiger partial charge in [0.25, 0.3) is 5.89 Å². The molecule has 0 aliphatic carbocycles. The maximum absolute atomic E-state index is 12.8. The molecular weight excluding hydrogens is 356 g/mol. The third-order valence-electron chi connectivity index (χ3n) is 5.18. The summed E-state index contributed by atoms with van der Waals surface area (Å²) in [5.74, 6) is 1.30. The van der Waals surface area contributed by atoms with Crippen LogP contribution in [-0.4, -0.2) is 48.3 Å². The Kier molecular flexibility index (Phi) is 5.18. The van der Waals surface area contributed by atoms with Crippen molar-refractivity contribution in [2.24, 2.45) is 0 Å². The number of hydrogen-bond donors (Lipinski definition) is 0. The summed E-state index contributed by atoms with van der Waals surface area (Å²) in [7, 11) is 0. The van der Waals surface area contributed by atoms with Gasteiger partial charge in [-0.1, -0.05) is 5.16 Å². The fourth-order valence-electron chi connectivity index (χ4n) is 3.78. The van der Waals surface area contributed by atoms with Crippen molar-refractivity contribution in [3.63, 3.8) is 0 Å². The lowest BCUT2D eigenvalue weighted by atomic mass is 10.1. The topological polar surface area (TPSA) is 89.9 Å². The fourth-order valence-corrected chi connectivity index (χ4v) is 3.78. The molecule has 3 aromatic rings. The Morgan fingerprint density at radius 2 is 2.11 bits per heavy atom. The number of carbonyl (C=O) groups is 1. The summed E-state index contributed by atoms with van der Waals surface area (Å²) >= 11 is 0. The highest BCUT2D eigenvalue weighted by atomic mass is 16.5. The number of rotatable bonds is 6. The highest BCUT2D eigenvalue weighted by Gasteiger charge is 2.29. The second-order valence-corrected chi connectivity index (χ2v) is 7.26. The summed E-state index contributed by atoms with van der Waals surface area (Å²) in [6, 6.07) is 5.89. The van der Waals surface area contributed by atoms with Crippen LogP contribution in [0.5, 0.6) is 0 Å². The third-order valence-corrected chi connectivity index (χ3v) is 5.18. The summed E-state index contributed by atoms with van der Waals surface area (Å²) in [5.41, 5.74) is 2.80. The Balaban J connectivity index is 1.36. The lowest BCUT2D eigenvalue weighted by Crippen LogP contribution is -2.38. The van der Waals surface area contributed by atoms with Crippen LogP contribution in [0, 0.1) is 13.8 Å². The van der Waals surface area contributed by atoms with Crippen molar-refractivity contribution in [1.29, 1.82) is 0 Å². The van der Waals surface area contributed by atoms with Gasteiger partial charge in [0.15, 0.2) is 5.82 Å². The molecule has 0 aromatic carbocycles. The first-order chi connectivity index (χ1) is 13.6. The first kappa shape index (κ1) is 18.3. The number of pyridine rings is 1. The Labute approximate surface area is 163 Å². The molecule has 1 atom stereocenters. The number of nitrogens with zero attached hydrogens (tertiary/aromatic N) is 6. The van der Waals surface area contributed by atoms with Crippen molar-refractivity contribution < 1.29 is 9.32 Å². The van der Waals surface area contributed by atoms with Crippen LogP contribution in [0.2, 0.25) is 0 Å². The van der Waals surface area contributed by atoms with Crippen LogP contribution in [0.3, 0.4) is 0 Å². The molecule has 1 saturated heterocycles. The molecule has 0 N–H and O–H groups in total. The van der Waals surface area contributed by atoms with E-state index in [0.29, 0.717) is 24.7 Å². The molecule has 146 valence electrons. The van der Waals surface area contributed by atoms with Gasteiger partial charge < -0.3 is 9.42 Å². The maximum Gasteiger partial charge on any atom is 0.258 e. The van der Waals surface area contributed by atoms with E-state index in [9.17, 15) is 4.79 Å². The molecule has 28 heavy (non-hydrogen) atoms. The van der Waals surface area contributed by atoms with E-state index >= 15 is 0 Å². The van der Waals surface area contributed by atoms with Gasteiger partial charge in [-0.25, -0.2) is 0 Å². The van der Waals surface area contributed by atoms with Crippen LogP contribution < -0.4 is 0 Å². The minimum Gasteiger partial charge on any atom is -0.338 e. The van der Waals surface area contributed by atoms with Crippen molar-refractivity contribution >= 4 is 5.91 Å². The standard InChI is InChI=1S/C20H24N6O2/c1-14-12-15(2)26(23-14)13-19(27)25-11-3-4-17(25)5-6-18-22-20(28-24-18)16-7-9-21-10-8-16/h7-10,12,17H,3-6,11,13H2,1-2H3. The molecule has 0 spiro atoms. The Morgan fingerprint density at radius 1 is 1.29 bits per heavy atom. The largest absolute Gasteiger partial charge is 0.338 e. The molecule has 0 bridgehead atoms. The van der Waals surface area contributed by atoms with Crippen LogP contribution in [0.4, 0.5) is 0 Å². The Bertz CT molecular complexity index is 949. The fraction of sp³-hybridized carbons (Fsp3) is 0.450. The third kappa shape index (κ3) is 3.95. The monoisotopic (exact) mass is 380 g/mol. The zero-order chi connectivity index (χ0) is 19.5. The molecule has 3 aromatic heterocycles. The molecule has 1 aliphatic rings. The molecule has 1 fully saturated rings. The lowest BCUT2D eigenvalue weighted by molar-refractivity contribution is -0.133. The average molecular weight is 380 g/mol. The molecule has 4 heterocycles. The van der Waals surface area contributed by atoms with Crippen LogP contribution >= 0.6 is 0 Å². The molecule has 0 saturated carbocycles. The van der Waals surface area contributed by atoms with Gasteiger partial charge in [-0.15, -0.1) is 0 Å². The van der Waals surface area contributed by atoms with E-state index in [1.807, 2.05) is 36.9 Å². The summed E-state index contributed by atoms with van der Waals surface area (Å²) in [5, 5.41) is 8.49. The molecule has 4 rings (SSSR count). The predicted molar refractivity (Wildman–Crippen MR) is 102 cm³/mol. The van der Waals surface area contributed by atoms with E-state index in [-0.39, 0.29) is 11.9 Å². The van der Waals surface area contributed by atoms with Crippen LogP contribution in [-0.2, 0) is 17.8 Å². The van der Waals surface area contributed by atoms with Gasteiger partial charge in [-0.2, -0.15) is 10.1 Å². The Hall–Kier alpha value is -3.03. The SMILES string of the molecule is Cc1cc(C)n(CC(=O)N2CCCC2CCc2noc(-c3ccncc3)n2)n1. The molecule has 1 unspecified atom stereocenters. The second kappa shape index (κ2) is 7.92. The van der Waals surface area contributed by atoms with Gasteiger partial charge in [0.05, 0.1) is 5.69 Å². The Morgan fingerprint density at radius 3 is 2.86 bits per heavy atom. The van der Waals surface area contributed by atoms with Crippen molar-refractivity contribution in [2.45, 2.75) is 52.1 Å². The van der Waals surface area contributed by atoms with Crippen molar-refractivity contribution in [3.8, 4) is 11.5 Å². The summed E-state index contributed by atoms with van der Waals surface area (Å²) in [6.45, 7) is 5.02. The quantitative estimate of drug-likeness (QED) is 0.653. The first-order valence-corrected chi connectivity index (χ1v) is 9.63. The van der Waals surface area contributed by atoms with E-state index in [2.05, 4.69) is 20.2 Å². The van der Waals surface area contributed by atoms with E-state index < -0.39 is 0 Å². The van der Waals surface area contributed by atoms with Gasteiger partial charge in [0.2, 0.25) is 5.91 Å². The van der Waals surface area contributed by atoms with Crippen LogP contribution in [0.1, 0.15) is 36.5 Å². The molecular formula is C20H24N6O2. The smallest absolute Gasteiger partial charge is 0.258 e. The zero-order valence-electron chi connectivity index (χ0n) is 16.2. The lowest BCUT2D eigenvalue weighted by Gasteiger charge is -2.24. The van der Waals surface area contributed by atoms with Crippen molar-refractivity contribution in [2.75, 3.05) is 6.54 Å². The van der Waals surface area contributed by atoms with Gasteiger partial charge in [-0.05, 0) is 51.3 Å². The average Bonchev–Trinajstić information content (AvgIpc) is 3.41. The highest BCUT2D eigenvalue weighted by Crippen LogP contribution is 2.23. The summed E-state index contributed by atoms with van der Waals surface area (Å²) in [4.78, 5) is 23.2. The second-order valence-electron chi connectivity index (χ2n) is 7.26. The van der Waals surface area contributed by atoms with Gasteiger partial charge in [-0.3, -0.25) is 14.5 Å². The van der Waals surface area contributed by atoms with E-state index in [1.165, 1.54) is 0 Å². The van der Waals surface area contributed by atoms with E-state index in [1.54, 1.807) is 17.1 Å². The molecule has 8 heteroatoms. The molecule has 1 aliphatic heterocycles. The molecule has 0 radical (unpaired) electrons. The minimum atomic E-state index is 0.124. The zero-order valence-corrected chi connectivity index (χ0v) is 16.2. The van der Waals surface area contributed by atoms with E-state index in [4.69, 9.17) is 4.52 Å². The molecule has 1 amide bonds. The van der Waals surface area contributed by atoms with Crippen molar-refractivity contribution in [3.05, 3.63) is 47.8 Å². The number of likely N-dealkylation sites (tertiary alicyclic amines) is 1. The first-order valence-electron chi connectivity index (χ1n) is 9.63. The van der Waals surface area contributed by atoms with Crippen molar-refractivity contribution in [1.82, 2.24) is 29.8 Å². The summed E-state index contributed by atoms with van der Waals surface area (Å²) < 4.78 is 7.14. The number of amides is 1. The number of carbonyl (C=O) groups excluding carboxylic acids is 1.